The molecule has 0 spiro atoms. The molecule has 0 amide bonds. The van der Waals surface area contributed by atoms with E-state index in [1.54, 1.807) is 35.0 Å². The lowest BCUT2D eigenvalue weighted by atomic mass is 10.2. The van der Waals surface area contributed by atoms with E-state index in [4.69, 9.17) is 0 Å². The molecular formula is C23H24FN7O. The van der Waals surface area contributed by atoms with Gasteiger partial charge in [-0.15, -0.1) is 0 Å². The lowest BCUT2D eigenvalue weighted by molar-refractivity contribution is 0.122. The predicted octanol–water partition coefficient (Wildman–Crippen LogP) is 1.91. The maximum absolute atomic E-state index is 13.4. The molecule has 1 fully saturated rings. The fourth-order valence-electron chi connectivity index (χ4n) is 4.01. The SMILES string of the molecule is O=c1ccc(-c2cccnc2)nn1CCN1CCN(Cc2cn3cc(F)ccc3n2)CC1. The number of piperazine rings is 1. The van der Waals surface area contributed by atoms with E-state index in [0.29, 0.717) is 6.54 Å². The molecule has 8 nitrogen and oxygen atoms in total. The first-order valence-corrected chi connectivity index (χ1v) is 10.7. The average molecular weight is 433 g/mol. The van der Waals surface area contributed by atoms with Crippen molar-refractivity contribution < 1.29 is 4.39 Å². The molecule has 1 aliphatic rings. The van der Waals surface area contributed by atoms with Crippen LogP contribution in [0, 0.1) is 5.82 Å². The predicted molar refractivity (Wildman–Crippen MR) is 119 cm³/mol. The molecule has 0 atom stereocenters. The van der Waals surface area contributed by atoms with Crippen LogP contribution in [0.2, 0.25) is 0 Å². The fourth-order valence-corrected chi connectivity index (χ4v) is 4.01. The maximum atomic E-state index is 13.4. The average Bonchev–Trinajstić information content (AvgIpc) is 3.21. The zero-order valence-electron chi connectivity index (χ0n) is 17.6. The second-order valence-corrected chi connectivity index (χ2v) is 7.98. The highest BCUT2D eigenvalue weighted by Gasteiger charge is 2.18. The summed E-state index contributed by atoms with van der Waals surface area (Å²) >= 11 is 0. The number of hydrogen-bond acceptors (Lipinski definition) is 6. The molecule has 4 aromatic rings. The van der Waals surface area contributed by atoms with E-state index in [1.807, 2.05) is 18.3 Å². The Morgan fingerprint density at radius 2 is 1.78 bits per heavy atom. The van der Waals surface area contributed by atoms with E-state index in [2.05, 4.69) is 24.9 Å². The summed E-state index contributed by atoms with van der Waals surface area (Å²) in [5.41, 5.74) is 3.23. The molecule has 1 saturated heterocycles. The number of rotatable bonds is 6. The largest absolute Gasteiger partial charge is 0.304 e. The van der Waals surface area contributed by atoms with Crippen molar-refractivity contribution >= 4 is 5.65 Å². The van der Waals surface area contributed by atoms with Crippen LogP contribution in [0.15, 0.2) is 66.0 Å². The highest BCUT2D eigenvalue weighted by molar-refractivity contribution is 5.56. The number of nitrogens with zero attached hydrogens (tertiary/aromatic N) is 7. The molecule has 1 aliphatic heterocycles. The highest BCUT2D eigenvalue weighted by Crippen LogP contribution is 2.13. The third kappa shape index (κ3) is 4.58. The Balaban J connectivity index is 1.15. The zero-order chi connectivity index (χ0) is 21.9. The number of imidazole rings is 1. The van der Waals surface area contributed by atoms with Gasteiger partial charge in [0.25, 0.3) is 5.56 Å². The lowest BCUT2D eigenvalue weighted by Gasteiger charge is -2.34. The molecule has 4 aromatic heterocycles. The van der Waals surface area contributed by atoms with Gasteiger partial charge in [0.05, 0.1) is 17.9 Å². The third-order valence-corrected chi connectivity index (χ3v) is 5.77. The summed E-state index contributed by atoms with van der Waals surface area (Å²) in [5, 5.41) is 4.51. The van der Waals surface area contributed by atoms with Crippen LogP contribution in [0.25, 0.3) is 16.9 Å². The standard InChI is InChI=1S/C23H24FN7O/c24-19-3-5-22-26-20(17-30(22)15-19)16-29-10-8-28(9-11-29)12-13-31-23(32)6-4-21(27-31)18-2-1-7-25-14-18/h1-7,14-15,17H,8-13,16H2. The Kier molecular flexibility index (Phi) is 5.74. The molecule has 0 aliphatic carbocycles. The Morgan fingerprint density at radius 3 is 2.59 bits per heavy atom. The summed E-state index contributed by atoms with van der Waals surface area (Å²) in [7, 11) is 0. The quantitative estimate of drug-likeness (QED) is 0.463. The molecule has 0 saturated carbocycles. The van der Waals surface area contributed by atoms with Gasteiger partial charge < -0.3 is 4.40 Å². The molecule has 5 rings (SSSR count). The van der Waals surface area contributed by atoms with Gasteiger partial charge in [0.15, 0.2) is 0 Å². The van der Waals surface area contributed by atoms with E-state index in [9.17, 15) is 9.18 Å². The van der Waals surface area contributed by atoms with Crippen molar-refractivity contribution in [3.8, 4) is 11.3 Å². The van der Waals surface area contributed by atoms with Gasteiger partial charge in [-0.05, 0) is 30.3 Å². The van der Waals surface area contributed by atoms with Gasteiger partial charge >= 0.3 is 0 Å². The van der Waals surface area contributed by atoms with Crippen LogP contribution in [-0.4, -0.2) is 66.7 Å². The van der Waals surface area contributed by atoms with E-state index in [0.717, 1.165) is 61.9 Å². The highest BCUT2D eigenvalue weighted by atomic mass is 19.1. The van der Waals surface area contributed by atoms with Gasteiger partial charge in [0.2, 0.25) is 0 Å². The van der Waals surface area contributed by atoms with Crippen molar-refractivity contribution in [1.29, 1.82) is 0 Å². The van der Waals surface area contributed by atoms with Crippen LogP contribution in [0.5, 0.6) is 0 Å². The molecular weight excluding hydrogens is 409 g/mol. The van der Waals surface area contributed by atoms with Crippen molar-refractivity contribution in [3.05, 3.63) is 83.1 Å². The fraction of sp³-hybridized carbons (Fsp3) is 0.304. The molecule has 164 valence electrons. The number of hydrogen-bond donors (Lipinski definition) is 0. The van der Waals surface area contributed by atoms with Crippen LogP contribution < -0.4 is 5.56 Å². The van der Waals surface area contributed by atoms with E-state index in [1.165, 1.54) is 16.9 Å². The summed E-state index contributed by atoms with van der Waals surface area (Å²) in [6.45, 7) is 5.72. The van der Waals surface area contributed by atoms with Gasteiger partial charge in [-0.1, -0.05) is 0 Å². The Bertz CT molecular complexity index is 1260. The van der Waals surface area contributed by atoms with Crippen molar-refractivity contribution in [1.82, 2.24) is 33.9 Å². The van der Waals surface area contributed by atoms with Crippen LogP contribution >= 0.6 is 0 Å². The first-order chi connectivity index (χ1) is 15.6. The topological polar surface area (TPSA) is 71.6 Å². The summed E-state index contributed by atoms with van der Waals surface area (Å²) in [4.78, 5) is 25.6. The first-order valence-electron chi connectivity index (χ1n) is 10.7. The number of pyridine rings is 2. The van der Waals surface area contributed by atoms with Crippen molar-refractivity contribution in [2.75, 3.05) is 32.7 Å². The molecule has 0 unspecified atom stereocenters. The van der Waals surface area contributed by atoms with Crippen LogP contribution in [0.4, 0.5) is 4.39 Å². The zero-order valence-corrected chi connectivity index (χ0v) is 17.6. The molecule has 0 aromatic carbocycles. The minimum Gasteiger partial charge on any atom is -0.304 e. The lowest BCUT2D eigenvalue weighted by Crippen LogP contribution is -2.47. The minimum absolute atomic E-state index is 0.0976. The van der Waals surface area contributed by atoms with Gasteiger partial charge in [0, 0.05) is 75.7 Å². The van der Waals surface area contributed by atoms with Gasteiger partial charge in [0.1, 0.15) is 11.5 Å². The molecule has 0 bridgehead atoms. The normalized spacial score (nSPS) is 15.4. The Hall–Kier alpha value is -3.43. The monoisotopic (exact) mass is 433 g/mol. The third-order valence-electron chi connectivity index (χ3n) is 5.77. The van der Waals surface area contributed by atoms with Crippen molar-refractivity contribution in [3.63, 3.8) is 0 Å². The molecule has 32 heavy (non-hydrogen) atoms. The summed E-state index contributed by atoms with van der Waals surface area (Å²) in [6, 6.07) is 10.2. The molecule has 9 heteroatoms. The molecule has 0 N–H and O–H groups in total. The van der Waals surface area contributed by atoms with Gasteiger partial charge in [-0.3, -0.25) is 19.6 Å². The number of halogens is 1. The van der Waals surface area contributed by atoms with Crippen LogP contribution in [0.3, 0.4) is 0 Å². The van der Waals surface area contributed by atoms with E-state index in [-0.39, 0.29) is 11.4 Å². The summed E-state index contributed by atoms with van der Waals surface area (Å²) in [5.74, 6) is -0.269. The van der Waals surface area contributed by atoms with Crippen LogP contribution in [-0.2, 0) is 13.1 Å². The van der Waals surface area contributed by atoms with Gasteiger partial charge in [-0.2, -0.15) is 5.10 Å². The summed E-state index contributed by atoms with van der Waals surface area (Å²) in [6.07, 6.45) is 6.80. The minimum atomic E-state index is -0.269. The van der Waals surface area contributed by atoms with Crippen LogP contribution in [0.1, 0.15) is 5.69 Å². The van der Waals surface area contributed by atoms with E-state index >= 15 is 0 Å². The number of fused-ring (bicyclic) bond motifs is 1. The Morgan fingerprint density at radius 1 is 0.938 bits per heavy atom. The first kappa shape index (κ1) is 20.5. The summed E-state index contributed by atoms with van der Waals surface area (Å²) < 4.78 is 16.6. The second kappa shape index (κ2) is 8.97. The molecule has 5 heterocycles. The van der Waals surface area contributed by atoms with E-state index < -0.39 is 0 Å². The Labute approximate surface area is 184 Å². The molecule has 0 radical (unpaired) electrons. The second-order valence-electron chi connectivity index (χ2n) is 7.98. The smallest absolute Gasteiger partial charge is 0.266 e. The number of aromatic nitrogens is 5. The maximum Gasteiger partial charge on any atom is 0.266 e. The van der Waals surface area contributed by atoms with Crippen molar-refractivity contribution in [2.45, 2.75) is 13.1 Å². The van der Waals surface area contributed by atoms with Crippen molar-refractivity contribution in [2.24, 2.45) is 0 Å². The van der Waals surface area contributed by atoms with Gasteiger partial charge in [-0.25, -0.2) is 14.1 Å².